The molecule has 17 nitrogen and oxygen atoms in total. The van der Waals surface area contributed by atoms with Crippen LogP contribution in [0.2, 0.25) is 5.02 Å². The summed E-state index contributed by atoms with van der Waals surface area (Å²) in [5.41, 5.74) is 14.1. The Morgan fingerprint density at radius 2 is 1.52 bits per heavy atom. The van der Waals surface area contributed by atoms with E-state index in [9.17, 15) is 43.8 Å². The first-order valence-corrected chi connectivity index (χ1v) is 21.7. The molecule has 0 radical (unpaired) electrons. The van der Waals surface area contributed by atoms with Crippen molar-refractivity contribution in [1.29, 1.82) is 0 Å². The van der Waals surface area contributed by atoms with Crippen LogP contribution in [-0.4, -0.2) is 112 Å². The molecule has 342 valence electrons. The van der Waals surface area contributed by atoms with Crippen LogP contribution in [0.4, 0.5) is 0 Å². The van der Waals surface area contributed by atoms with Gasteiger partial charge in [-0.15, -0.1) is 0 Å². The number of nitrogens with one attached hydrogen (secondary N) is 4. The number of benzene rings is 4. The Labute approximate surface area is 380 Å². The lowest BCUT2D eigenvalue weighted by atomic mass is 9.93. The highest BCUT2D eigenvalue weighted by Gasteiger charge is 2.37. The summed E-state index contributed by atoms with van der Waals surface area (Å²) in [4.78, 5) is 97.7. The zero-order chi connectivity index (χ0) is 46.9. The number of hydrogen-bond donors (Lipinski definition) is 8. The normalized spacial score (nSPS) is 18.9. The minimum atomic E-state index is -1.46. The third-order valence-corrected chi connectivity index (χ3v) is 11.9. The first-order valence-electron chi connectivity index (χ1n) is 21.3. The number of aromatic hydroxyl groups is 2. The highest BCUT2D eigenvalue weighted by molar-refractivity contribution is 6.30. The number of hydrogen-bond acceptors (Lipinski definition) is 10. The first-order chi connectivity index (χ1) is 31.1. The van der Waals surface area contributed by atoms with Crippen LogP contribution in [0.15, 0.2) is 84.9 Å². The average Bonchev–Trinajstić information content (AvgIpc) is 3.80. The fourth-order valence-electron chi connectivity index (χ4n) is 8.09. The number of likely N-dealkylation sites (tertiary alicyclic amines) is 1. The molecule has 0 spiro atoms. The van der Waals surface area contributed by atoms with Gasteiger partial charge >= 0.3 is 0 Å². The monoisotopic (exact) mass is 908 g/mol. The summed E-state index contributed by atoms with van der Waals surface area (Å²) in [6.07, 6.45) is 2.00. The fraction of sp³-hybridized carbons (Fsp3) is 0.340. The van der Waals surface area contributed by atoms with E-state index in [0.29, 0.717) is 42.8 Å². The fourth-order valence-corrected chi connectivity index (χ4v) is 8.21. The van der Waals surface area contributed by atoms with Crippen LogP contribution in [0.25, 0.3) is 22.3 Å². The second-order valence-corrected chi connectivity index (χ2v) is 16.7. The van der Waals surface area contributed by atoms with Crippen molar-refractivity contribution in [2.24, 2.45) is 11.5 Å². The van der Waals surface area contributed by atoms with Gasteiger partial charge < -0.3 is 52.7 Å². The number of carbonyl (C=O) groups excluding carboxylic acids is 7. The molecule has 0 aliphatic carbocycles. The number of primary amides is 1. The molecule has 18 heteroatoms. The molecule has 5 unspecified atom stereocenters. The zero-order valence-electron chi connectivity index (χ0n) is 36.0. The first kappa shape index (κ1) is 47.5. The molecular weight excluding hydrogens is 856 g/mol. The third-order valence-electron chi connectivity index (χ3n) is 11.7. The number of halogens is 1. The van der Waals surface area contributed by atoms with Gasteiger partial charge in [0, 0.05) is 41.7 Å². The number of likely N-dealkylation sites (N-methyl/N-ethyl adjacent to an activating group) is 1. The van der Waals surface area contributed by atoms with Gasteiger partial charge in [-0.2, -0.15) is 0 Å². The topological polar surface area (TPSA) is 267 Å². The number of amides is 7. The molecule has 0 saturated carbocycles. The van der Waals surface area contributed by atoms with Gasteiger partial charge in [-0.1, -0.05) is 48.0 Å². The molecule has 4 aromatic carbocycles. The number of unbranched alkanes of at least 4 members (excludes halogenated alkanes) is 1. The van der Waals surface area contributed by atoms with Crippen molar-refractivity contribution in [3.63, 3.8) is 0 Å². The van der Waals surface area contributed by atoms with Crippen molar-refractivity contribution < 1.29 is 43.8 Å². The van der Waals surface area contributed by atoms with Gasteiger partial charge in [0.25, 0.3) is 5.91 Å². The molecule has 1 saturated heterocycles. The van der Waals surface area contributed by atoms with Crippen LogP contribution < -0.4 is 32.7 Å². The molecule has 2 heterocycles. The van der Waals surface area contributed by atoms with E-state index in [1.54, 1.807) is 36.4 Å². The second kappa shape index (κ2) is 21.1. The summed E-state index contributed by atoms with van der Waals surface area (Å²) in [6.45, 7) is 1.52. The molecule has 1 fully saturated rings. The van der Waals surface area contributed by atoms with Gasteiger partial charge in [0.05, 0.1) is 6.54 Å². The molecule has 2 aliphatic heterocycles. The Bertz CT molecular complexity index is 2450. The number of fused-ring (bicyclic) bond motifs is 5. The largest absolute Gasteiger partial charge is 0.507 e. The summed E-state index contributed by atoms with van der Waals surface area (Å²) < 4.78 is 0. The third kappa shape index (κ3) is 11.4. The van der Waals surface area contributed by atoms with Gasteiger partial charge in [-0.05, 0) is 116 Å². The molecule has 65 heavy (non-hydrogen) atoms. The number of phenols is 2. The van der Waals surface area contributed by atoms with Crippen LogP contribution in [0.3, 0.4) is 0 Å². The molecule has 7 amide bonds. The number of nitrogens with two attached hydrogens (primary N) is 2. The van der Waals surface area contributed by atoms with Gasteiger partial charge in [0.15, 0.2) is 0 Å². The van der Waals surface area contributed by atoms with E-state index in [1.807, 2.05) is 12.1 Å². The Kier molecular flexibility index (Phi) is 15.4. The SMILES string of the molecule is CC1NC(=O)C(N(C)C(=O)C(CCCCN)NC(=O)c2ccc(-c3ccc(Cl)cc3)cc2)c2ccc(O)c(c2)-c2cc(ccc2O)CC(C(=O)NCC(=O)N2CCCC2C(N)=O)NC1=O. The van der Waals surface area contributed by atoms with E-state index in [1.165, 1.54) is 55.3 Å². The van der Waals surface area contributed by atoms with E-state index in [2.05, 4.69) is 21.3 Å². The van der Waals surface area contributed by atoms with E-state index < -0.39 is 78.1 Å². The predicted octanol–water partition coefficient (Wildman–Crippen LogP) is 2.65. The maximum atomic E-state index is 14.6. The van der Waals surface area contributed by atoms with Crippen LogP contribution in [0.1, 0.15) is 66.6 Å². The summed E-state index contributed by atoms with van der Waals surface area (Å²) in [5, 5.41) is 33.5. The van der Waals surface area contributed by atoms with Crippen LogP contribution >= 0.6 is 11.6 Å². The van der Waals surface area contributed by atoms with Crippen molar-refractivity contribution in [2.75, 3.05) is 26.7 Å². The summed E-state index contributed by atoms with van der Waals surface area (Å²) in [6, 6.07) is 16.6. The number of nitrogens with zero attached hydrogens (tertiary/aromatic N) is 2. The van der Waals surface area contributed by atoms with E-state index in [4.69, 9.17) is 23.1 Å². The minimum Gasteiger partial charge on any atom is -0.507 e. The van der Waals surface area contributed by atoms with Crippen LogP contribution in [-0.2, 0) is 35.2 Å². The average molecular weight is 909 g/mol. The van der Waals surface area contributed by atoms with Crippen molar-refractivity contribution >= 4 is 53.0 Å². The Morgan fingerprint density at radius 3 is 2.18 bits per heavy atom. The minimum absolute atomic E-state index is 0.0886. The molecule has 0 aromatic heterocycles. The number of phenolic OH excluding ortho intramolecular Hbond substituents is 2. The lowest BCUT2D eigenvalue weighted by molar-refractivity contribution is -0.141. The van der Waals surface area contributed by atoms with Crippen molar-refractivity contribution in [3.8, 4) is 33.8 Å². The zero-order valence-corrected chi connectivity index (χ0v) is 36.8. The summed E-state index contributed by atoms with van der Waals surface area (Å²) in [5.74, 6) is -5.26. The van der Waals surface area contributed by atoms with E-state index in [-0.39, 0.29) is 53.1 Å². The Hall–Kier alpha value is -6.98. The van der Waals surface area contributed by atoms with Gasteiger partial charge in [-0.3, -0.25) is 33.6 Å². The molecule has 5 atom stereocenters. The van der Waals surface area contributed by atoms with Crippen molar-refractivity contribution in [2.45, 2.75) is 75.7 Å². The molecule has 4 aromatic rings. The second-order valence-electron chi connectivity index (χ2n) is 16.2. The molecular formula is C47H53ClN8O9. The molecule has 4 bridgehead atoms. The summed E-state index contributed by atoms with van der Waals surface area (Å²) >= 11 is 6.05. The maximum absolute atomic E-state index is 14.6. The van der Waals surface area contributed by atoms with Gasteiger partial charge in [0.2, 0.25) is 35.4 Å². The Morgan fingerprint density at radius 1 is 0.877 bits per heavy atom. The summed E-state index contributed by atoms with van der Waals surface area (Å²) in [7, 11) is 1.38. The lowest BCUT2D eigenvalue weighted by Gasteiger charge is -2.32. The highest BCUT2D eigenvalue weighted by atomic mass is 35.5. The standard InChI is InChI=1S/C47H53ClN8O9/c1-26-43(61)54-36(45(63)51-25-40(59)56-21-5-7-37(56)42(50)60)23-27-8-18-38(57)33(22-27)34-24-31(15-19-39(34)58)41(46(64)52-26)55(2)47(65)35(6-3-4-20-49)53-44(62)30-11-9-28(10-12-30)29-13-16-32(48)17-14-29/h8-19,22,24,26,35-37,41,57-58H,3-7,20-21,23,25,49H2,1-2H3,(H2,50,60)(H,51,63)(H,52,64)(H,53,62)(H,54,61). The Balaban J connectivity index is 1.29. The smallest absolute Gasteiger partial charge is 0.251 e. The highest BCUT2D eigenvalue weighted by Crippen LogP contribution is 2.39. The van der Waals surface area contributed by atoms with E-state index in [0.717, 1.165) is 16.0 Å². The molecule has 6 rings (SSSR count). The van der Waals surface area contributed by atoms with E-state index >= 15 is 0 Å². The maximum Gasteiger partial charge on any atom is 0.251 e. The number of carbonyl (C=O) groups is 7. The molecule has 2 aliphatic rings. The quantitative estimate of drug-likeness (QED) is 0.0910. The van der Waals surface area contributed by atoms with Crippen LogP contribution in [0.5, 0.6) is 11.5 Å². The van der Waals surface area contributed by atoms with Gasteiger partial charge in [0.1, 0.15) is 41.7 Å². The lowest BCUT2D eigenvalue weighted by Crippen LogP contribution is -2.56. The van der Waals surface area contributed by atoms with Crippen molar-refractivity contribution in [1.82, 2.24) is 31.1 Å². The van der Waals surface area contributed by atoms with Crippen molar-refractivity contribution in [3.05, 3.63) is 107 Å². The molecule has 10 N–H and O–H groups in total. The van der Waals surface area contributed by atoms with Gasteiger partial charge in [-0.25, -0.2) is 0 Å². The predicted molar refractivity (Wildman–Crippen MR) is 242 cm³/mol. The number of rotatable bonds is 13. The van der Waals surface area contributed by atoms with Crippen LogP contribution in [0, 0.1) is 0 Å².